The number of benzene rings is 2. The first-order chi connectivity index (χ1) is 9.89. The summed E-state index contributed by atoms with van der Waals surface area (Å²) in [4.78, 5) is 12.6. The summed E-state index contributed by atoms with van der Waals surface area (Å²) in [7, 11) is 0. The van der Waals surface area contributed by atoms with Gasteiger partial charge in [-0.3, -0.25) is 4.79 Å². The molecule has 0 spiro atoms. The summed E-state index contributed by atoms with van der Waals surface area (Å²) in [6.45, 7) is 3.66. The molecule has 0 aliphatic carbocycles. The Morgan fingerprint density at radius 1 is 1.33 bits per heavy atom. The summed E-state index contributed by atoms with van der Waals surface area (Å²) in [6, 6.07) is 10.7. The van der Waals surface area contributed by atoms with Gasteiger partial charge in [-0.25, -0.2) is 0 Å². The SMILES string of the molecule is CCC(C)(NC(=O)c1ccc2ccccc2c1O)C(N)=S. The van der Waals surface area contributed by atoms with Crippen LogP contribution in [-0.4, -0.2) is 21.5 Å². The molecule has 0 saturated carbocycles. The van der Waals surface area contributed by atoms with E-state index >= 15 is 0 Å². The van der Waals surface area contributed by atoms with E-state index in [-0.39, 0.29) is 16.3 Å². The maximum Gasteiger partial charge on any atom is 0.255 e. The predicted molar refractivity (Wildman–Crippen MR) is 88.6 cm³/mol. The average molecular weight is 302 g/mol. The highest BCUT2D eigenvalue weighted by Crippen LogP contribution is 2.29. The van der Waals surface area contributed by atoms with Crippen LogP contribution in [0.15, 0.2) is 36.4 Å². The Morgan fingerprint density at radius 3 is 2.62 bits per heavy atom. The van der Waals surface area contributed by atoms with Crippen LogP contribution in [0.3, 0.4) is 0 Å². The Bertz CT molecular complexity index is 714. The van der Waals surface area contributed by atoms with Gasteiger partial charge in [0.25, 0.3) is 5.91 Å². The highest BCUT2D eigenvalue weighted by atomic mass is 32.1. The number of nitrogens with two attached hydrogens (primary N) is 1. The molecule has 0 heterocycles. The van der Waals surface area contributed by atoms with Crippen LogP contribution in [-0.2, 0) is 0 Å². The zero-order chi connectivity index (χ0) is 15.6. The van der Waals surface area contributed by atoms with Gasteiger partial charge in [-0.1, -0.05) is 49.5 Å². The molecular formula is C16H18N2O2S. The van der Waals surface area contributed by atoms with Crippen molar-refractivity contribution in [1.82, 2.24) is 5.32 Å². The minimum Gasteiger partial charge on any atom is -0.506 e. The molecule has 2 aromatic carbocycles. The fourth-order valence-corrected chi connectivity index (χ4v) is 2.28. The molecule has 2 rings (SSSR count). The zero-order valence-corrected chi connectivity index (χ0v) is 12.8. The van der Waals surface area contributed by atoms with Crippen molar-refractivity contribution in [2.75, 3.05) is 0 Å². The Hall–Kier alpha value is -2.14. The largest absolute Gasteiger partial charge is 0.506 e. The molecule has 0 aliphatic heterocycles. The van der Waals surface area contributed by atoms with E-state index in [0.717, 1.165) is 5.39 Å². The van der Waals surface area contributed by atoms with Gasteiger partial charge in [-0.15, -0.1) is 0 Å². The van der Waals surface area contributed by atoms with Crippen LogP contribution >= 0.6 is 12.2 Å². The summed E-state index contributed by atoms with van der Waals surface area (Å²) in [5, 5.41) is 14.6. The van der Waals surface area contributed by atoms with Gasteiger partial charge in [0.05, 0.1) is 16.1 Å². The van der Waals surface area contributed by atoms with Crippen LogP contribution < -0.4 is 11.1 Å². The number of phenolic OH excluding ortho intramolecular Hbond substituents is 1. The average Bonchev–Trinajstić information content (AvgIpc) is 2.47. The van der Waals surface area contributed by atoms with Crippen molar-refractivity contribution >= 4 is 33.9 Å². The number of rotatable bonds is 4. The molecule has 2 aromatic rings. The molecule has 5 heteroatoms. The molecule has 1 unspecified atom stereocenters. The second kappa shape index (κ2) is 5.69. The molecule has 0 saturated heterocycles. The lowest BCUT2D eigenvalue weighted by Crippen LogP contribution is -2.54. The van der Waals surface area contributed by atoms with E-state index in [0.29, 0.717) is 11.8 Å². The lowest BCUT2D eigenvalue weighted by molar-refractivity contribution is 0.0924. The Balaban J connectivity index is 2.40. The fraction of sp³-hybridized carbons (Fsp3) is 0.250. The van der Waals surface area contributed by atoms with Crippen LogP contribution in [0.2, 0.25) is 0 Å². The van der Waals surface area contributed by atoms with E-state index in [9.17, 15) is 9.90 Å². The monoisotopic (exact) mass is 302 g/mol. The molecule has 0 aliphatic rings. The highest BCUT2D eigenvalue weighted by molar-refractivity contribution is 7.80. The number of carbonyl (C=O) groups is 1. The second-order valence-electron chi connectivity index (χ2n) is 5.19. The van der Waals surface area contributed by atoms with Gasteiger partial charge in [0, 0.05) is 5.39 Å². The minimum absolute atomic E-state index is 0.0352. The van der Waals surface area contributed by atoms with Crippen molar-refractivity contribution in [3.8, 4) is 5.75 Å². The molecule has 4 nitrogen and oxygen atoms in total. The Morgan fingerprint density at radius 2 is 2.00 bits per heavy atom. The number of hydrogen-bond donors (Lipinski definition) is 3. The summed E-state index contributed by atoms with van der Waals surface area (Å²) < 4.78 is 0. The number of aromatic hydroxyl groups is 1. The lowest BCUT2D eigenvalue weighted by atomic mass is 9.97. The third-order valence-corrected chi connectivity index (χ3v) is 4.24. The molecule has 0 fully saturated rings. The third kappa shape index (κ3) is 2.83. The molecule has 1 atom stereocenters. The van der Waals surface area contributed by atoms with Crippen LogP contribution in [0, 0.1) is 0 Å². The Kier molecular flexibility index (Phi) is 4.14. The summed E-state index contributed by atoms with van der Waals surface area (Å²) in [5.41, 5.74) is 5.13. The predicted octanol–water partition coefficient (Wildman–Crippen LogP) is 2.73. The number of thiocarbonyl (C=S) groups is 1. The van der Waals surface area contributed by atoms with Crippen LogP contribution in [0.1, 0.15) is 30.6 Å². The summed E-state index contributed by atoms with van der Waals surface area (Å²) in [5.74, 6) is -0.428. The maximum absolute atomic E-state index is 12.4. The fourth-order valence-electron chi connectivity index (χ4n) is 2.08. The van der Waals surface area contributed by atoms with E-state index in [2.05, 4.69) is 5.32 Å². The first-order valence-corrected chi connectivity index (χ1v) is 7.13. The summed E-state index contributed by atoms with van der Waals surface area (Å²) in [6.07, 6.45) is 0.572. The molecule has 1 amide bonds. The van der Waals surface area contributed by atoms with Gasteiger partial charge in [0.15, 0.2) is 0 Å². The van der Waals surface area contributed by atoms with E-state index in [4.69, 9.17) is 18.0 Å². The quantitative estimate of drug-likeness (QED) is 0.759. The molecule has 21 heavy (non-hydrogen) atoms. The Labute approximate surface area is 129 Å². The van der Waals surface area contributed by atoms with Gasteiger partial charge in [0.1, 0.15) is 5.75 Å². The maximum atomic E-state index is 12.4. The highest BCUT2D eigenvalue weighted by Gasteiger charge is 2.29. The van der Waals surface area contributed by atoms with Gasteiger partial charge in [-0.2, -0.15) is 0 Å². The second-order valence-corrected chi connectivity index (χ2v) is 5.63. The molecule has 0 bridgehead atoms. The molecule has 0 aromatic heterocycles. The molecular weight excluding hydrogens is 284 g/mol. The van der Waals surface area contributed by atoms with Gasteiger partial charge in [0.2, 0.25) is 0 Å². The van der Waals surface area contributed by atoms with Crippen molar-refractivity contribution in [2.45, 2.75) is 25.8 Å². The van der Waals surface area contributed by atoms with Gasteiger partial charge in [-0.05, 0) is 24.8 Å². The van der Waals surface area contributed by atoms with Gasteiger partial charge >= 0.3 is 0 Å². The minimum atomic E-state index is -0.773. The van der Waals surface area contributed by atoms with Crippen LogP contribution in [0.25, 0.3) is 10.8 Å². The first kappa shape index (κ1) is 15.3. The van der Waals surface area contributed by atoms with E-state index in [1.54, 1.807) is 25.1 Å². The molecule has 0 radical (unpaired) electrons. The van der Waals surface area contributed by atoms with Crippen LogP contribution in [0.5, 0.6) is 5.75 Å². The normalized spacial score (nSPS) is 13.6. The van der Waals surface area contributed by atoms with Crippen molar-refractivity contribution in [3.05, 3.63) is 42.0 Å². The lowest BCUT2D eigenvalue weighted by Gasteiger charge is -2.28. The van der Waals surface area contributed by atoms with E-state index in [1.165, 1.54) is 0 Å². The number of phenols is 1. The van der Waals surface area contributed by atoms with Crippen LogP contribution in [0.4, 0.5) is 0 Å². The van der Waals surface area contributed by atoms with E-state index < -0.39 is 11.4 Å². The number of carbonyl (C=O) groups excluding carboxylic acids is 1. The smallest absolute Gasteiger partial charge is 0.255 e. The first-order valence-electron chi connectivity index (χ1n) is 6.72. The van der Waals surface area contributed by atoms with Crippen molar-refractivity contribution in [2.24, 2.45) is 5.73 Å². The van der Waals surface area contributed by atoms with E-state index in [1.807, 2.05) is 25.1 Å². The van der Waals surface area contributed by atoms with Crippen molar-refractivity contribution in [3.63, 3.8) is 0 Å². The molecule has 4 N–H and O–H groups in total. The zero-order valence-electron chi connectivity index (χ0n) is 12.0. The van der Waals surface area contributed by atoms with Gasteiger partial charge < -0.3 is 16.2 Å². The molecule has 110 valence electrons. The number of fused-ring (bicyclic) bond motifs is 1. The summed E-state index contributed by atoms with van der Waals surface area (Å²) >= 11 is 5.01. The number of nitrogens with one attached hydrogen (secondary N) is 1. The van der Waals surface area contributed by atoms with Crippen molar-refractivity contribution in [1.29, 1.82) is 0 Å². The standard InChI is InChI=1S/C16H18N2O2S/c1-3-16(2,15(17)21)18-14(20)12-9-8-10-6-4-5-7-11(10)13(12)19/h4-9,19H,3H2,1-2H3,(H2,17,21)(H,18,20). The number of amides is 1. The third-order valence-electron chi connectivity index (χ3n) is 3.79. The van der Waals surface area contributed by atoms with Crippen molar-refractivity contribution < 1.29 is 9.90 Å². The number of hydrogen-bond acceptors (Lipinski definition) is 3. The topological polar surface area (TPSA) is 75.3 Å².